The monoisotopic (exact) mass is 302 g/mol. The first kappa shape index (κ1) is 15.1. The van der Waals surface area contributed by atoms with E-state index in [0.717, 1.165) is 11.3 Å². The van der Waals surface area contributed by atoms with Crippen LogP contribution < -0.4 is 4.90 Å². The largest absolute Gasteiger partial charge is 0.386 e. The molecule has 4 nitrogen and oxygen atoms in total. The van der Waals surface area contributed by atoms with Gasteiger partial charge in [-0.3, -0.25) is 4.79 Å². The van der Waals surface area contributed by atoms with Gasteiger partial charge in [0.15, 0.2) is 6.61 Å². The van der Waals surface area contributed by atoms with Gasteiger partial charge in [0, 0.05) is 17.8 Å². The molecule has 0 aliphatic rings. The normalized spacial score (nSPS) is 10.6. The number of amides is 1. The summed E-state index contributed by atoms with van der Waals surface area (Å²) in [5.41, 5.74) is 1.66. The van der Waals surface area contributed by atoms with Crippen molar-refractivity contribution in [3.63, 3.8) is 0 Å². The van der Waals surface area contributed by atoms with Crippen molar-refractivity contribution in [3.05, 3.63) is 65.2 Å². The van der Waals surface area contributed by atoms with Crippen molar-refractivity contribution in [2.75, 3.05) is 18.6 Å². The van der Waals surface area contributed by atoms with Crippen LogP contribution in [0.15, 0.2) is 59.8 Å². The van der Waals surface area contributed by atoms with Gasteiger partial charge in [0.1, 0.15) is 0 Å². The Kier molecular flexibility index (Phi) is 5.35. The second-order valence-electron chi connectivity index (χ2n) is 4.35. The number of benzene rings is 2. The van der Waals surface area contributed by atoms with E-state index < -0.39 is 0 Å². The fraction of sp³-hybridized carbons (Fsp3) is 0.125. The van der Waals surface area contributed by atoms with Gasteiger partial charge in [-0.1, -0.05) is 47.1 Å². The van der Waals surface area contributed by atoms with Crippen molar-refractivity contribution in [2.24, 2.45) is 5.16 Å². The lowest BCUT2D eigenvalue weighted by molar-refractivity contribution is -0.122. The van der Waals surface area contributed by atoms with Crippen LogP contribution >= 0.6 is 11.6 Å². The number of likely N-dealkylation sites (N-methyl/N-ethyl adjacent to an activating group) is 1. The number of nitrogens with zero attached hydrogens (tertiary/aromatic N) is 2. The van der Waals surface area contributed by atoms with Crippen molar-refractivity contribution < 1.29 is 9.63 Å². The molecule has 0 fully saturated rings. The van der Waals surface area contributed by atoms with Crippen LogP contribution in [0.5, 0.6) is 0 Å². The first-order valence-corrected chi connectivity index (χ1v) is 6.77. The van der Waals surface area contributed by atoms with Gasteiger partial charge < -0.3 is 9.74 Å². The number of carbonyl (C=O) groups is 1. The Morgan fingerprint density at radius 2 is 1.86 bits per heavy atom. The summed E-state index contributed by atoms with van der Waals surface area (Å²) >= 11 is 5.78. The first-order valence-electron chi connectivity index (χ1n) is 6.39. The molecule has 0 aromatic heterocycles. The fourth-order valence-electron chi connectivity index (χ4n) is 1.63. The van der Waals surface area contributed by atoms with Gasteiger partial charge in [-0.25, -0.2) is 0 Å². The Morgan fingerprint density at radius 3 is 2.52 bits per heavy atom. The number of hydrogen-bond donors (Lipinski definition) is 0. The molecule has 0 saturated heterocycles. The van der Waals surface area contributed by atoms with Crippen molar-refractivity contribution in [1.82, 2.24) is 0 Å². The van der Waals surface area contributed by atoms with Crippen LogP contribution in [0.3, 0.4) is 0 Å². The Morgan fingerprint density at radius 1 is 1.19 bits per heavy atom. The van der Waals surface area contributed by atoms with E-state index in [1.807, 2.05) is 42.5 Å². The summed E-state index contributed by atoms with van der Waals surface area (Å²) in [7, 11) is 1.70. The second kappa shape index (κ2) is 7.45. The van der Waals surface area contributed by atoms with Gasteiger partial charge in [-0.05, 0) is 29.8 Å². The summed E-state index contributed by atoms with van der Waals surface area (Å²) in [6.07, 6.45) is 1.53. The van der Waals surface area contributed by atoms with Crippen LogP contribution in [-0.2, 0) is 9.63 Å². The maximum atomic E-state index is 11.9. The van der Waals surface area contributed by atoms with Gasteiger partial charge in [0.05, 0.1) is 6.21 Å². The van der Waals surface area contributed by atoms with Crippen molar-refractivity contribution in [3.8, 4) is 0 Å². The predicted molar refractivity (Wildman–Crippen MR) is 84.9 cm³/mol. The molecule has 0 heterocycles. The zero-order valence-electron chi connectivity index (χ0n) is 11.6. The standard InChI is InChI=1S/C16H15ClN2O2/c1-19(15-5-3-2-4-6-15)16(20)12-21-18-11-13-7-9-14(17)10-8-13/h2-11H,12H2,1H3/b18-11+. The summed E-state index contributed by atoms with van der Waals surface area (Å²) < 4.78 is 0. The SMILES string of the molecule is CN(C(=O)CO/N=C/c1ccc(Cl)cc1)c1ccccc1. The molecule has 0 aliphatic carbocycles. The molecule has 2 aromatic rings. The van der Waals surface area contributed by atoms with Crippen LogP contribution in [0.1, 0.15) is 5.56 Å². The number of oxime groups is 1. The minimum absolute atomic E-state index is 0.116. The maximum absolute atomic E-state index is 11.9. The molecular weight excluding hydrogens is 288 g/mol. The molecule has 0 radical (unpaired) electrons. The van der Waals surface area contributed by atoms with Crippen molar-refractivity contribution >= 4 is 29.4 Å². The van der Waals surface area contributed by atoms with Gasteiger partial charge in [-0.15, -0.1) is 0 Å². The first-order chi connectivity index (χ1) is 10.2. The molecule has 108 valence electrons. The number of halogens is 1. The molecule has 21 heavy (non-hydrogen) atoms. The lowest BCUT2D eigenvalue weighted by Gasteiger charge is -2.16. The summed E-state index contributed by atoms with van der Waals surface area (Å²) in [5.74, 6) is -0.172. The predicted octanol–water partition coefficient (Wildman–Crippen LogP) is 3.35. The van der Waals surface area contributed by atoms with Gasteiger partial charge in [-0.2, -0.15) is 0 Å². The molecule has 0 N–H and O–H groups in total. The topological polar surface area (TPSA) is 41.9 Å². The lowest BCUT2D eigenvalue weighted by Crippen LogP contribution is -2.29. The summed E-state index contributed by atoms with van der Waals surface area (Å²) in [5, 5.41) is 4.43. The highest BCUT2D eigenvalue weighted by Gasteiger charge is 2.10. The van der Waals surface area contributed by atoms with Crippen LogP contribution in [0.25, 0.3) is 0 Å². The minimum atomic E-state index is -0.172. The summed E-state index contributed by atoms with van der Waals surface area (Å²) in [4.78, 5) is 18.5. The summed E-state index contributed by atoms with van der Waals surface area (Å²) in [6, 6.07) is 16.5. The number of rotatable bonds is 5. The molecule has 5 heteroatoms. The van der Waals surface area contributed by atoms with Gasteiger partial charge in [0.2, 0.25) is 0 Å². The third kappa shape index (κ3) is 4.61. The van der Waals surface area contributed by atoms with Gasteiger partial charge in [0.25, 0.3) is 5.91 Å². The maximum Gasteiger partial charge on any atom is 0.267 e. The second-order valence-corrected chi connectivity index (χ2v) is 4.78. The minimum Gasteiger partial charge on any atom is -0.386 e. The lowest BCUT2D eigenvalue weighted by atomic mass is 10.2. The molecule has 2 rings (SSSR count). The zero-order valence-corrected chi connectivity index (χ0v) is 12.3. The molecule has 0 atom stereocenters. The van der Waals surface area contributed by atoms with Crippen LogP contribution in [-0.4, -0.2) is 25.8 Å². The third-order valence-electron chi connectivity index (χ3n) is 2.85. The number of para-hydroxylation sites is 1. The highest BCUT2D eigenvalue weighted by molar-refractivity contribution is 6.30. The van der Waals surface area contributed by atoms with Gasteiger partial charge >= 0.3 is 0 Å². The van der Waals surface area contributed by atoms with E-state index in [1.165, 1.54) is 11.1 Å². The van der Waals surface area contributed by atoms with Crippen molar-refractivity contribution in [1.29, 1.82) is 0 Å². The molecule has 0 saturated carbocycles. The van der Waals surface area contributed by atoms with Crippen LogP contribution in [0, 0.1) is 0 Å². The fourth-order valence-corrected chi connectivity index (χ4v) is 1.76. The molecular formula is C16H15ClN2O2. The van der Waals surface area contributed by atoms with E-state index >= 15 is 0 Å². The van der Waals surface area contributed by atoms with E-state index in [4.69, 9.17) is 16.4 Å². The smallest absolute Gasteiger partial charge is 0.267 e. The Bertz CT molecular complexity index is 612. The zero-order chi connectivity index (χ0) is 15.1. The van der Waals surface area contributed by atoms with E-state index in [-0.39, 0.29) is 12.5 Å². The highest BCUT2D eigenvalue weighted by Crippen LogP contribution is 2.11. The van der Waals surface area contributed by atoms with E-state index in [2.05, 4.69) is 5.16 Å². The Balaban J connectivity index is 1.83. The van der Waals surface area contributed by atoms with E-state index in [0.29, 0.717) is 5.02 Å². The third-order valence-corrected chi connectivity index (χ3v) is 3.10. The molecule has 0 unspecified atom stereocenters. The molecule has 0 spiro atoms. The molecule has 2 aromatic carbocycles. The molecule has 1 amide bonds. The Hall–Kier alpha value is -2.33. The quantitative estimate of drug-likeness (QED) is 0.628. The average molecular weight is 303 g/mol. The number of carbonyl (C=O) groups excluding carboxylic acids is 1. The Labute approximate surface area is 128 Å². The van der Waals surface area contributed by atoms with E-state index in [9.17, 15) is 4.79 Å². The number of anilines is 1. The highest BCUT2D eigenvalue weighted by atomic mass is 35.5. The molecule has 0 aliphatic heterocycles. The van der Waals surface area contributed by atoms with E-state index in [1.54, 1.807) is 19.2 Å². The van der Waals surface area contributed by atoms with Crippen molar-refractivity contribution in [2.45, 2.75) is 0 Å². The van der Waals surface area contributed by atoms with Crippen LogP contribution in [0.2, 0.25) is 5.02 Å². The molecule has 0 bridgehead atoms. The number of hydrogen-bond acceptors (Lipinski definition) is 3. The summed E-state index contributed by atoms with van der Waals surface area (Å²) in [6.45, 7) is -0.116. The average Bonchev–Trinajstić information content (AvgIpc) is 2.53. The van der Waals surface area contributed by atoms with Crippen LogP contribution in [0.4, 0.5) is 5.69 Å².